The van der Waals surface area contributed by atoms with Gasteiger partial charge in [0.1, 0.15) is 0 Å². The van der Waals surface area contributed by atoms with E-state index in [1.807, 2.05) is 42.7 Å². The van der Waals surface area contributed by atoms with Crippen LogP contribution in [0.15, 0.2) is 91.3 Å². The zero-order valence-electron chi connectivity index (χ0n) is 14.4. The van der Waals surface area contributed by atoms with Crippen molar-refractivity contribution in [2.45, 2.75) is 0 Å². The Morgan fingerprint density at radius 1 is 0.741 bits per heavy atom. The van der Waals surface area contributed by atoms with Crippen molar-refractivity contribution in [2.75, 3.05) is 0 Å². The number of hydrogen-bond acceptors (Lipinski definition) is 2. The van der Waals surface area contributed by atoms with Gasteiger partial charge in [-0.3, -0.25) is 4.98 Å². The van der Waals surface area contributed by atoms with E-state index in [4.69, 9.17) is 0 Å². The summed E-state index contributed by atoms with van der Waals surface area (Å²) in [6.07, 6.45) is 3.79. The van der Waals surface area contributed by atoms with E-state index >= 15 is 0 Å². The van der Waals surface area contributed by atoms with Gasteiger partial charge >= 0.3 is 0 Å². The Morgan fingerprint density at radius 2 is 1.56 bits per heavy atom. The Hall–Kier alpha value is -2.87. The molecule has 0 spiro atoms. The third-order valence-corrected chi connectivity index (χ3v) is 4.67. The third kappa shape index (κ3) is 3.28. The predicted molar refractivity (Wildman–Crippen MR) is 107 cm³/mol. The van der Waals surface area contributed by atoms with Gasteiger partial charge < -0.3 is 4.98 Å². The zero-order valence-corrected chi connectivity index (χ0v) is 16.8. The Labute approximate surface area is 171 Å². The number of fused-ring (bicyclic) bond motifs is 2. The fourth-order valence-electron chi connectivity index (χ4n) is 3.36. The zero-order chi connectivity index (χ0) is 17.3. The van der Waals surface area contributed by atoms with E-state index in [9.17, 15) is 0 Å². The number of hydrogen-bond donors (Lipinski definition) is 0. The second-order valence-corrected chi connectivity index (χ2v) is 6.28. The predicted octanol–water partition coefficient (Wildman–Crippen LogP) is 5.91. The molecule has 1 radical (unpaired) electrons. The largest absolute Gasteiger partial charge is 0.304 e. The van der Waals surface area contributed by atoms with E-state index in [2.05, 4.69) is 64.6 Å². The van der Waals surface area contributed by atoms with Crippen molar-refractivity contribution >= 4 is 21.7 Å². The molecule has 0 aliphatic heterocycles. The molecule has 2 heterocycles. The summed E-state index contributed by atoms with van der Waals surface area (Å²) in [5, 5.41) is 3.48. The SMILES string of the molecule is [Ir].[c-]1ccc(-c2ccnc3ccccc23)cc1-c1cc2ccccc2cn1. The van der Waals surface area contributed by atoms with Gasteiger partial charge in [0.2, 0.25) is 0 Å². The minimum atomic E-state index is 0. The van der Waals surface area contributed by atoms with Crippen LogP contribution in [-0.2, 0) is 20.1 Å². The van der Waals surface area contributed by atoms with Crippen LogP contribution < -0.4 is 0 Å². The molecule has 3 aromatic carbocycles. The topological polar surface area (TPSA) is 25.8 Å². The smallest absolute Gasteiger partial charge is 0.0707 e. The summed E-state index contributed by atoms with van der Waals surface area (Å²) in [5.41, 5.74) is 5.25. The minimum Gasteiger partial charge on any atom is -0.304 e. The number of benzene rings is 3. The van der Waals surface area contributed by atoms with Crippen LogP contribution in [0.1, 0.15) is 0 Å². The quantitative estimate of drug-likeness (QED) is 0.269. The summed E-state index contributed by atoms with van der Waals surface area (Å²) in [4.78, 5) is 9.09. The van der Waals surface area contributed by atoms with Gasteiger partial charge in [-0.05, 0) is 34.2 Å². The summed E-state index contributed by atoms with van der Waals surface area (Å²) in [7, 11) is 0. The third-order valence-electron chi connectivity index (χ3n) is 4.67. The normalized spacial score (nSPS) is 10.7. The van der Waals surface area contributed by atoms with Crippen molar-refractivity contribution < 1.29 is 20.1 Å². The van der Waals surface area contributed by atoms with Crippen LogP contribution in [-0.4, -0.2) is 9.97 Å². The van der Waals surface area contributed by atoms with Crippen LogP contribution in [0.5, 0.6) is 0 Å². The summed E-state index contributed by atoms with van der Waals surface area (Å²) in [6, 6.07) is 30.2. The molecule has 0 unspecified atom stereocenters. The molecule has 0 amide bonds. The van der Waals surface area contributed by atoms with Crippen LogP contribution >= 0.6 is 0 Å². The summed E-state index contributed by atoms with van der Waals surface area (Å²) in [6.45, 7) is 0. The van der Waals surface area contributed by atoms with Gasteiger partial charge in [-0.2, -0.15) is 0 Å². The van der Waals surface area contributed by atoms with Crippen molar-refractivity contribution in [2.24, 2.45) is 0 Å². The van der Waals surface area contributed by atoms with E-state index in [0.717, 1.165) is 33.1 Å². The number of aromatic nitrogens is 2. The summed E-state index contributed by atoms with van der Waals surface area (Å²) < 4.78 is 0. The summed E-state index contributed by atoms with van der Waals surface area (Å²) in [5.74, 6) is 0. The molecule has 0 aliphatic rings. The molecular formula is C24H15IrN2-. The molecule has 5 rings (SSSR count). The van der Waals surface area contributed by atoms with Crippen LogP contribution in [0.25, 0.3) is 44.1 Å². The minimum absolute atomic E-state index is 0. The molecule has 0 atom stereocenters. The van der Waals surface area contributed by atoms with Crippen molar-refractivity contribution in [3.05, 3.63) is 97.3 Å². The molecule has 0 bridgehead atoms. The average molecular weight is 524 g/mol. The first kappa shape index (κ1) is 17.5. The Kier molecular flexibility index (Phi) is 4.81. The molecule has 3 heteroatoms. The fraction of sp³-hybridized carbons (Fsp3) is 0. The number of rotatable bonds is 2. The molecule has 0 N–H and O–H groups in total. The molecule has 2 nitrogen and oxygen atoms in total. The molecule has 0 saturated heterocycles. The molecule has 0 aliphatic carbocycles. The van der Waals surface area contributed by atoms with Crippen molar-refractivity contribution in [3.63, 3.8) is 0 Å². The van der Waals surface area contributed by atoms with Gasteiger partial charge in [0.15, 0.2) is 0 Å². The Bertz CT molecular complexity index is 1240. The van der Waals surface area contributed by atoms with Gasteiger partial charge in [0.05, 0.1) is 5.52 Å². The molecule has 2 aromatic heterocycles. The average Bonchev–Trinajstić information content (AvgIpc) is 2.73. The molecule has 131 valence electrons. The van der Waals surface area contributed by atoms with Crippen LogP contribution in [0, 0.1) is 6.07 Å². The van der Waals surface area contributed by atoms with E-state index in [1.54, 1.807) is 0 Å². The summed E-state index contributed by atoms with van der Waals surface area (Å²) >= 11 is 0. The first-order chi connectivity index (χ1) is 12.9. The fourth-order valence-corrected chi connectivity index (χ4v) is 3.36. The first-order valence-electron chi connectivity index (χ1n) is 8.59. The standard InChI is InChI=1S/C24H15N2.Ir/c1-2-7-20-16-26-24(15-17(20)6-1)19-9-5-8-18(14-19)21-12-13-25-23-11-4-3-10-22(21)23;/h1-8,10-16H;/q-1;. The molecule has 27 heavy (non-hydrogen) atoms. The number of nitrogens with zero attached hydrogens (tertiary/aromatic N) is 2. The van der Waals surface area contributed by atoms with Gasteiger partial charge in [-0.15, -0.1) is 35.4 Å². The van der Waals surface area contributed by atoms with Crippen molar-refractivity contribution in [1.29, 1.82) is 0 Å². The maximum atomic E-state index is 4.63. The Balaban J connectivity index is 0.00000180. The van der Waals surface area contributed by atoms with Crippen LogP contribution in [0.4, 0.5) is 0 Å². The van der Waals surface area contributed by atoms with Gasteiger partial charge in [-0.1, -0.05) is 48.5 Å². The van der Waals surface area contributed by atoms with E-state index in [1.165, 1.54) is 10.9 Å². The van der Waals surface area contributed by atoms with E-state index in [-0.39, 0.29) is 20.1 Å². The Morgan fingerprint density at radius 3 is 2.48 bits per heavy atom. The van der Waals surface area contributed by atoms with Crippen molar-refractivity contribution in [1.82, 2.24) is 9.97 Å². The first-order valence-corrected chi connectivity index (χ1v) is 8.59. The monoisotopic (exact) mass is 524 g/mol. The van der Waals surface area contributed by atoms with Gasteiger partial charge in [0, 0.05) is 37.9 Å². The maximum absolute atomic E-state index is 4.63. The molecule has 0 saturated carbocycles. The van der Waals surface area contributed by atoms with Crippen LogP contribution in [0.3, 0.4) is 0 Å². The molecule has 0 fully saturated rings. The molecular weight excluding hydrogens is 508 g/mol. The number of pyridine rings is 2. The molecule has 5 aromatic rings. The maximum Gasteiger partial charge on any atom is 0.0707 e. The van der Waals surface area contributed by atoms with Gasteiger partial charge in [0.25, 0.3) is 0 Å². The second-order valence-electron chi connectivity index (χ2n) is 6.28. The van der Waals surface area contributed by atoms with Crippen LogP contribution in [0.2, 0.25) is 0 Å². The van der Waals surface area contributed by atoms with Crippen molar-refractivity contribution in [3.8, 4) is 22.4 Å². The second kappa shape index (κ2) is 7.40. The number of para-hydroxylation sites is 1. The van der Waals surface area contributed by atoms with E-state index < -0.39 is 0 Å². The van der Waals surface area contributed by atoms with E-state index in [0.29, 0.717) is 0 Å². The van der Waals surface area contributed by atoms with Gasteiger partial charge in [-0.25, -0.2) is 0 Å².